The van der Waals surface area contributed by atoms with Crippen LogP contribution in [0.15, 0.2) is 95.1 Å². The largest absolute Gasteiger partial charge is 0.484 e. The van der Waals surface area contributed by atoms with Gasteiger partial charge < -0.3 is 9.47 Å². The van der Waals surface area contributed by atoms with Gasteiger partial charge >= 0.3 is 0 Å². The van der Waals surface area contributed by atoms with Crippen molar-refractivity contribution in [2.24, 2.45) is 10.2 Å². The predicted octanol–water partition coefficient (Wildman–Crippen LogP) is 6.19. The summed E-state index contributed by atoms with van der Waals surface area (Å²) in [7, 11) is 0. The van der Waals surface area contributed by atoms with Crippen molar-refractivity contribution in [1.29, 1.82) is 0 Å². The van der Waals surface area contributed by atoms with Gasteiger partial charge in [-0.25, -0.2) is 10.9 Å². The van der Waals surface area contributed by atoms with Crippen LogP contribution in [0.3, 0.4) is 0 Å². The maximum absolute atomic E-state index is 13.1. The molecule has 0 unspecified atom stereocenters. The van der Waals surface area contributed by atoms with E-state index in [1.807, 2.05) is 24.3 Å². The first-order valence-corrected chi connectivity index (χ1v) is 15.5. The third-order valence-electron chi connectivity index (χ3n) is 8.21. The molecule has 0 saturated carbocycles. The first-order valence-electron chi connectivity index (χ1n) is 14.6. The zero-order valence-electron chi connectivity index (χ0n) is 24.0. The van der Waals surface area contributed by atoms with E-state index in [9.17, 15) is 9.59 Å². The van der Waals surface area contributed by atoms with Gasteiger partial charge in [0.25, 0.3) is 11.8 Å². The van der Waals surface area contributed by atoms with E-state index in [0.29, 0.717) is 0 Å². The van der Waals surface area contributed by atoms with Gasteiger partial charge in [0.1, 0.15) is 23.0 Å². The van der Waals surface area contributed by atoms with Crippen molar-refractivity contribution < 1.29 is 19.1 Å². The summed E-state index contributed by atoms with van der Waals surface area (Å²) in [4.78, 5) is 26.7. The molecule has 5 aromatic rings. The van der Waals surface area contributed by atoms with Gasteiger partial charge in [0.2, 0.25) is 0 Å². The Balaban J connectivity index is 0.947. The van der Waals surface area contributed by atoms with Crippen molar-refractivity contribution in [1.82, 2.24) is 10.9 Å². The molecule has 0 saturated heterocycles. The quantitative estimate of drug-likeness (QED) is 0.173. The normalized spacial score (nSPS) is 13.8. The zero-order valence-corrected chi connectivity index (χ0v) is 24.8. The molecule has 0 atom stereocenters. The van der Waals surface area contributed by atoms with Crippen molar-refractivity contribution in [3.63, 3.8) is 0 Å². The van der Waals surface area contributed by atoms with Crippen LogP contribution < -0.4 is 20.3 Å². The minimum atomic E-state index is -0.492. The lowest BCUT2D eigenvalue weighted by Gasteiger charge is -2.16. The number of fused-ring (bicyclic) bond motifs is 7. The molecule has 45 heavy (non-hydrogen) atoms. The third kappa shape index (κ3) is 4.97. The first kappa shape index (κ1) is 27.0. The first-order chi connectivity index (χ1) is 22.1. The Morgan fingerprint density at radius 2 is 1.04 bits per heavy atom. The summed E-state index contributed by atoms with van der Waals surface area (Å²) in [5.41, 5.74) is 16.9. The number of nitrogens with zero attached hydrogens (tertiary/aromatic N) is 2. The second-order valence-corrected chi connectivity index (χ2v) is 12.0. The van der Waals surface area contributed by atoms with Crippen LogP contribution in [0.5, 0.6) is 11.5 Å². The molecule has 1 aliphatic heterocycles. The molecule has 3 aliphatic rings. The molecular weight excluding hydrogens is 584 g/mol. The molecule has 0 fully saturated rings. The van der Waals surface area contributed by atoms with Gasteiger partial charge in [0, 0.05) is 0 Å². The molecule has 9 heteroatoms. The number of hydrogen-bond donors (Lipinski definition) is 2. The fourth-order valence-electron chi connectivity index (χ4n) is 6.17. The van der Waals surface area contributed by atoms with E-state index in [2.05, 4.69) is 81.7 Å². The van der Waals surface area contributed by atoms with Crippen LogP contribution in [0.25, 0.3) is 22.3 Å². The zero-order chi connectivity index (χ0) is 30.3. The second kappa shape index (κ2) is 11.2. The molecular formula is C36H26N4O4S. The van der Waals surface area contributed by atoms with Crippen molar-refractivity contribution >= 4 is 35.6 Å². The molecule has 1 aromatic heterocycles. The van der Waals surface area contributed by atoms with E-state index in [1.165, 1.54) is 44.5 Å². The Kier molecular flexibility index (Phi) is 6.72. The maximum Gasteiger partial charge on any atom is 0.285 e. The molecule has 8 nitrogen and oxygen atoms in total. The van der Waals surface area contributed by atoms with Gasteiger partial charge in [0.15, 0.2) is 11.5 Å². The lowest BCUT2D eigenvalue weighted by atomic mass is 10.0. The lowest BCUT2D eigenvalue weighted by Crippen LogP contribution is -2.21. The standard InChI is InChI=1S/C36H26N4O4S/c41-35(39-37-19-21-9-11-29-25(15-21)17-23-5-1-3-7-27(23)29)33-31-32(44-14-13-43-31)34(45-33)36(42)40-38-20-22-10-12-30-26(16-22)18-24-6-2-4-8-28(24)30/h1-12,15-16,19-20H,13-14,17-18H2,(H,39,41)(H,40,42)/b37-19+,38-20+. The molecule has 2 amide bonds. The fraction of sp³-hybridized carbons (Fsp3) is 0.111. The van der Waals surface area contributed by atoms with Crippen molar-refractivity contribution in [2.75, 3.05) is 13.2 Å². The minimum absolute atomic E-state index is 0.207. The Morgan fingerprint density at radius 1 is 0.600 bits per heavy atom. The van der Waals surface area contributed by atoms with E-state index in [1.54, 1.807) is 12.4 Å². The average Bonchev–Trinajstić information content (AvgIpc) is 3.75. The van der Waals surface area contributed by atoms with Crippen LogP contribution >= 0.6 is 11.3 Å². The topological polar surface area (TPSA) is 101 Å². The van der Waals surface area contributed by atoms with Crippen LogP contribution in [-0.4, -0.2) is 37.5 Å². The van der Waals surface area contributed by atoms with Crippen LogP contribution in [-0.2, 0) is 12.8 Å². The molecule has 2 heterocycles. The number of amides is 2. The number of hydrazone groups is 2. The summed E-state index contributed by atoms with van der Waals surface area (Å²) in [6.45, 7) is 0.540. The average molecular weight is 611 g/mol. The molecule has 2 aliphatic carbocycles. The van der Waals surface area contributed by atoms with E-state index in [4.69, 9.17) is 9.47 Å². The van der Waals surface area contributed by atoms with Gasteiger partial charge in [-0.3, -0.25) is 9.59 Å². The van der Waals surface area contributed by atoms with Crippen LogP contribution in [0.4, 0.5) is 0 Å². The fourth-order valence-corrected chi connectivity index (χ4v) is 7.14. The lowest BCUT2D eigenvalue weighted by molar-refractivity contribution is 0.0935. The molecule has 220 valence electrons. The van der Waals surface area contributed by atoms with E-state index < -0.39 is 11.8 Å². The third-order valence-corrected chi connectivity index (χ3v) is 9.36. The van der Waals surface area contributed by atoms with Crippen molar-refractivity contribution in [3.05, 3.63) is 128 Å². The number of ether oxygens (including phenoxy) is 2. The van der Waals surface area contributed by atoms with Gasteiger partial charge in [0.05, 0.1) is 12.4 Å². The number of hydrogen-bond acceptors (Lipinski definition) is 7. The summed E-state index contributed by atoms with van der Waals surface area (Å²) < 4.78 is 11.5. The molecule has 8 rings (SSSR count). The number of benzene rings is 4. The maximum atomic E-state index is 13.1. The van der Waals surface area contributed by atoms with Crippen LogP contribution in [0.2, 0.25) is 0 Å². The summed E-state index contributed by atoms with van der Waals surface area (Å²) in [6, 6.07) is 29.1. The smallest absolute Gasteiger partial charge is 0.285 e. The van der Waals surface area contributed by atoms with E-state index in [0.717, 1.165) is 35.3 Å². The summed E-state index contributed by atoms with van der Waals surface area (Å²) in [5.74, 6) is -0.510. The Labute approximate surface area is 263 Å². The Morgan fingerprint density at radius 3 is 1.53 bits per heavy atom. The molecule has 0 radical (unpaired) electrons. The van der Waals surface area contributed by atoms with Gasteiger partial charge in [-0.1, -0.05) is 72.8 Å². The number of carbonyl (C=O) groups excluding carboxylic acids is 2. The molecule has 0 bridgehead atoms. The Bertz CT molecular complexity index is 1930. The second-order valence-electron chi connectivity index (χ2n) is 11.0. The highest BCUT2D eigenvalue weighted by molar-refractivity contribution is 7.16. The summed E-state index contributed by atoms with van der Waals surface area (Å²) in [5, 5.41) is 8.36. The van der Waals surface area contributed by atoms with Crippen LogP contribution in [0.1, 0.15) is 52.7 Å². The predicted molar refractivity (Wildman–Crippen MR) is 175 cm³/mol. The van der Waals surface area contributed by atoms with Crippen molar-refractivity contribution in [2.45, 2.75) is 12.8 Å². The summed E-state index contributed by atoms with van der Waals surface area (Å²) >= 11 is 0.981. The van der Waals surface area contributed by atoms with E-state index >= 15 is 0 Å². The highest BCUT2D eigenvalue weighted by Crippen LogP contribution is 2.44. The number of carbonyl (C=O) groups is 2. The van der Waals surface area contributed by atoms with E-state index in [-0.39, 0.29) is 34.5 Å². The Hall–Kier alpha value is -5.54. The van der Waals surface area contributed by atoms with Crippen LogP contribution in [0, 0.1) is 0 Å². The monoisotopic (exact) mass is 610 g/mol. The highest BCUT2D eigenvalue weighted by atomic mass is 32.1. The number of rotatable bonds is 6. The van der Waals surface area contributed by atoms with Gasteiger partial charge in [-0.15, -0.1) is 11.3 Å². The SMILES string of the molecule is O=C(N/N=C/c1ccc2c(c1)Cc1ccccc1-2)c1sc(C(=O)N/N=C/c2ccc3c(c2)Cc2ccccc2-3)c2c1OCCO2. The highest BCUT2D eigenvalue weighted by Gasteiger charge is 2.31. The minimum Gasteiger partial charge on any atom is -0.484 e. The molecule has 0 spiro atoms. The number of thiophene rings is 1. The molecule has 4 aromatic carbocycles. The van der Waals surface area contributed by atoms with Gasteiger partial charge in [-0.2, -0.15) is 10.2 Å². The van der Waals surface area contributed by atoms with Crippen molar-refractivity contribution in [3.8, 4) is 33.8 Å². The number of nitrogens with one attached hydrogen (secondary N) is 2. The van der Waals surface area contributed by atoms with Gasteiger partial charge in [-0.05, 0) is 80.6 Å². The molecule has 2 N–H and O–H groups in total. The summed E-state index contributed by atoms with van der Waals surface area (Å²) in [6.07, 6.45) is 4.96.